The fourth-order valence-electron chi connectivity index (χ4n) is 5.43. The van der Waals surface area contributed by atoms with E-state index in [-0.39, 0.29) is 6.17 Å². The molecule has 0 amide bonds. The van der Waals surface area contributed by atoms with Crippen LogP contribution in [0, 0.1) is 33.6 Å². The van der Waals surface area contributed by atoms with Crippen LogP contribution in [0.2, 0.25) is 0 Å². The largest absolute Gasteiger partial charge is 0.325 e. The molecule has 0 aromatic heterocycles. The van der Waals surface area contributed by atoms with Crippen molar-refractivity contribution in [3.63, 3.8) is 0 Å². The second kappa shape index (κ2) is 8.49. The summed E-state index contributed by atoms with van der Waals surface area (Å²) in [5.74, 6) is 0.479. The molecule has 1 heterocycles. The zero-order chi connectivity index (χ0) is 22.3. The molecule has 2 heteroatoms. The van der Waals surface area contributed by atoms with Gasteiger partial charge in [0.1, 0.15) is 6.17 Å². The van der Waals surface area contributed by atoms with Gasteiger partial charge in [0.25, 0.3) is 0 Å². The molecule has 2 nitrogen and oxygen atoms in total. The number of rotatable bonds is 4. The molecule has 0 spiro atoms. The standard InChI is InChI=1S/C28H40N2/c1-11-25-18(4)12-13-19(5)26(24(25)10)29-14-15-30(28(29)17(2)3)27-21(7)16-20(6)22(8)23(27)9/h13-17,28H,11-12H2,1-10H3. The highest BCUT2D eigenvalue weighted by Gasteiger charge is 2.35. The first-order chi connectivity index (χ1) is 14.1. The first-order valence-corrected chi connectivity index (χ1v) is 11.5. The van der Waals surface area contributed by atoms with Gasteiger partial charge in [-0.3, -0.25) is 0 Å². The number of nitrogens with zero attached hydrogens (tertiary/aromatic N) is 2. The van der Waals surface area contributed by atoms with Gasteiger partial charge in [0.2, 0.25) is 0 Å². The summed E-state index contributed by atoms with van der Waals surface area (Å²) < 4.78 is 0. The minimum Gasteiger partial charge on any atom is -0.325 e. The first kappa shape index (κ1) is 22.5. The maximum absolute atomic E-state index is 2.54. The van der Waals surface area contributed by atoms with Crippen molar-refractivity contribution in [1.82, 2.24) is 4.90 Å². The van der Waals surface area contributed by atoms with Crippen LogP contribution in [0.4, 0.5) is 5.69 Å². The van der Waals surface area contributed by atoms with E-state index in [0.29, 0.717) is 5.92 Å². The summed E-state index contributed by atoms with van der Waals surface area (Å²) in [7, 11) is 0. The second-order valence-electron chi connectivity index (χ2n) is 9.56. The Kier molecular flexibility index (Phi) is 6.36. The molecule has 30 heavy (non-hydrogen) atoms. The highest BCUT2D eigenvalue weighted by molar-refractivity contribution is 5.66. The van der Waals surface area contributed by atoms with E-state index in [1.54, 1.807) is 0 Å². The SMILES string of the molecule is CCC1=C(C)CC=C(C)C(N2C=CN(c3c(C)cc(C)c(C)c3C)C2C(C)C)=C1C. The third kappa shape index (κ3) is 3.66. The van der Waals surface area contributed by atoms with Gasteiger partial charge in [0.15, 0.2) is 0 Å². The summed E-state index contributed by atoms with van der Waals surface area (Å²) in [5.41, 5.74) is 14.1. The summed E-state index contributed by atoms with van der Waals surface area (Å²) in [6.45, 7) is 22.9. The van der Waals surface area contributed by atoms with Crippen LogP contribution < -0.4 is 4.90 Å². The van der Waals surface area contributed by atoms with Crippen LogP contribution in [-0.4, -0.2) is 11.1 Å². The van der Waals surface area contributed by atoms with Crippen molar-refractivity contribution in [3.8, 4) is 0 Å². The molecular weight excluding hydrogens is 364 g/mol. The van der Waals surface area contributed by atoms with Crippen LogP contribution >= 0.6 is 0 Å². The molecular formula is C28H40N2. The molecule has 1 aliphatic carbocycles. The molecule has 0 fully saturated rings. The first-order valence-electron chi connectivity index (χ1n) is 11.5. The molecule has 0 bridgehead atoms. The van der Waals surface area contributed by atoms with E-state index in [0.717, 1.165) is 12.8 Å². The predicted octanol–water partition coefficient (Wildman–Crippen LogP) is 7.85. The molecule has 0 N–H and O–H groups in total. The fraction of sp³-hybridized carbons (Fsp3) is 0.500. The Morgan fingerprint density at radius 3 is 2.13 bits per heavy atom. The highest BCUT2D eigenvalue weighted by atomic mass is 15.4. The van der Waals surface area contributed by atoms with Crippen LogP contribution in [0.25, 0.3) is 0 Å². The number of allylic oxidation sites excluding steroid dienone is 5. The highest BCUT2D eigenvalue weighted by Crippen LogP contribution is 2.41. The second-order valence-corrected chi connectivity index (χ2v) is 9.56. The van der Waals surface area contributed by atoms with Gasteiger partial charge < -0.3 is 9.80 Å². The monoisotopic (exact) mass is 404 g/mol. The maximum atomic E-state index is 2.54. The van der Waals surface area contributed by atoms with Crippen LogP contribution in [0.5, 0.6) is 0 Å². The Bertz CT molecular complexity index is 969. The average molecular weight is 405 g/mol. The van der Waals surface area contributed by atoms with E-state index in [9.17, 15) is 0 Å². The number of hydrogen-bond acceptors (Lipinski definition) is 2. The van der Waals surface area contributed by atoms with Crippen molar-refractivity contribution in [1.29, 1.82) is 0 Å². The quantitative estimate of drug-likeness (QED) is 0.504. The Labute approximate surface area is 184 Å². The summed E-state index contributed by atoms with van der Waals surface area (Å²) >= 11 is 0. The normalized spacial score (nSPS) is 20.0. The van der Waals surface area contributed by atoms with Crippen LogP contribution in [0.15, 0.2) is 52.5 Å². The van der Waals surface area contributed by atoms with Gasteiger partial charge in [-0.15, -0.1) is 0 Å². The molecule has 0 saturated carbocycles. The van der Waals surface area contributed by atoms with E-state index < -0.39 is 0 Å². The minimum absolute atomic E-state index is 0.273. The third-order valence-electron chi connectivity index (χ3n) is 7.15. The van der Waals surface area contributed by atoms with E-state index in [1.165, 1.54) is 55.9 Å². The van der Waals surface area contributed by atoms with Crippen molar-refractivity contribution in [2.24, 2.45) is 5.92 Å². The lowest BCUT2D eigenvalue weighted by Crippen LogP contribution is -2.43. The molecule has 2 aliphatic rings. The predicted molar refractivity (Wildman–Crippen MR) is 132 cm³/mol. The van der Waals surface area contributed by atoms with Gasteiger partial charge in [-0.05, 0) is 106 Å². The van der Waals surface area contributed by atoms with Gasteiger partial charge >= 0.3 is 0 Å². The van der Waals surface area contributed by atoms with Crippen molar-refractivity contribution >= 4 is 5.69 Å². The Hall–Kier alpha value is -2.22. The van der Waals surface area contributed by atoms with Crippen LogP contribution in [0.1, 0.15) is 76.6 Å². The number of aryl methyl sites for hydroxylation is 2. The Morgan fingerprint density at radius 2 is 1.53 bits per heavy atom. The fourth-order valence-corrected chi connectivity index (χ4v) is 5.43. The molecule has 3 rings (SSSR count). The lowest BCUT2D eigenvalue weighted by atomic mass is 9.95. The molecule has 0 radical (unpaired) electrons. The molecule has 1 aromatic rings. The summed E-state index contributed by atoms with van der Waals surface area (Å²) in [5, 5.41) is 0. The molecule has 162 valence electrons. The Morgan fingerprint density at radius 1 is 0.900 bits per heavy atom. The molecule has 1 unspecified atom stereocenters. The number of hydrogen-bond donors (Lipinski definition) is 0. The van der Waals surface area contributed by atoms with Gasteiger partial charge in [-0.1, -0.05) is 38.5 Å². The maximum Gasteiger partial charge on any atom is 0.112 e. The van der Waals surface area contributed by atoms with E-state index in [2.05, 4.69) is 104 Å². The molecule has 0 saturated heterocycles. The topological polar surface area (TPSA) is 6.48 Å². The van der Waals surface area contributed by atoms with E-state index in [4.69, 9.17) is 0 Å². The summed E-state index contributed by atoms with van der Waals surface area (Å²) in [6, 6.07) is 2.34. The zero-order valence-electron chi connectivity index (χ0n) is 20.8. The van der Waals surface area contributed by atoms with E-state index >= 15 is 0 Å². The van der Waals surface area contributed by atoms with Crippen molar-refractivity contribution in [2.75, 3.05) is 4.90 Å². The van der Waals surface area contributed by atoms with Crippen molar-refractivity contribution in [3.05, 3.63) is 74.8 Å². The lowest BCUT2D eigenvalue weighted by molar-refractivity contribution is 0.292. The van der Waals surface area contributed by atoms with E-state index in [1.807, 2.05) is 0 Å². The Balaban J connectivity index is 2.16. The van der Waals surface area contributed by atoms with Gasteiger partial charge in [-0.25, -0.2) is 0 Å². The lowest BCUT2D eigenvalue weighted by Gasteiger charge is -2.39. The van der Waals surface area contributed by atoms with Gasteiger partial charge in [0, 0.05) is 23.8 Å². The molecule has 1 aromatic carbocycles. The number of benzene rings is 1. The van der Waals surface area contributed by atoms with Crippen molar-refractivity contribution < 1.29 is 0 Å². The van der Waals surface area contributed by atoms with Crippen LogP contribution in [-0.2, 0) is 0 Å². The van der Waals surface area contributed by atoms with Crippen molar-refractivity contribution in [2.45, 2.75) is 88.2 Å². The smallest absolute Gasteiger partial charge is 0.112 e. The van der Waals surface area contributed by atoms with Crippen LogP contribution in [0.3, 0.4) is 0 Å². The molecule has 1 aliphatic heterocycles. The number of anilines is 1. The minimum atomic E-state index is 0.273. The van der Waals surface area contributed by atoms with Gasteiger partial charge in [0.05, 0.1) is 0 Å². The summed E-state index contributed by atoms with van der Waals surface area (Å²) in [6.07, 6.45) is 9.44. The van der Waals surface area contributed by atoms with Gasteiger partial charge in [-0.2, -0.15) is 0 Å². The zero-order valence-corrected chi connectivity index (χ0v) is 20.8. The third-order valence-corrected chi connectivity index (χ3v) is 7.15. The molecule has 1 atom stereocenters. The summed E-state index contributed by atoms with van der Waals surface area (Å²) in [4.78, 5) is 5.05. The average Bonchev–Trinajstić information content (AvgIpc) is 3.05.